The third-order valence-electron chi connectivity index (χ3n) is 7.22. The molecular formula is C37H36O7S2. The summed E-state index contributed by atoms with van der Waals surface area (Å²) in [6.45, 7) is 6.04. The zero-order valence-corrected chi connectivity index (χ0v) is 27.4. The molecule has 1 aliphatic rings. The molecule has 1 heterocycles. The van der Waals surface area contributed by atoms with Crippen molar-refractivity contribution in [3.8, 4) is 0 Å². The Kier molecular flexibility index (Phi) is 11.6. The molecule has 9 heteroatoms. The van der Waals surface area contributed by atoms with Crippen molar-refractivity contribution in [1.29, 1.82) is 0 Å². The van der Waals surface area contributed by atoms with Crippen molar-refractivity contribution in [3.05, 3.63) is 138 Å². The van der Waals surface area contributed by atoms with Gasteiger partial charge in [0.2, 0.25) is 0 Å². The summed E-state index contributed by atoms with van der Waals surface area (Å²) in [5, 5.41) is 0.388. The normalized spacial score (nSPS) is 20.9. The molecule has 0 unspecified atom stereocenters. The Morgan fingerprint density at radius 2 is 1.07 bits per heavy atom. The van der Waals surface area contributed by atoms with Gasteiger partial charge in [0.25, 0.3) is 0 Å². The molecule has 0 radical (unpaired) electrons. The summed E-state index contributed by atoms with van der Waals surface area (Å²) in [5.41, 5.74) is 1.32. The summed E-state index contributed by atoms with van der Waals surface area (Å²) in [6, 6.07) is 33.8. The molecule has 4 aromatic rings. The molecule has 46 heavy (non-hydrogen) atoms. The van der Waals surface area contributed by atoms with Crippen LogP contribution in [0.15, 0.2) is 120 Å². The van der Waals surface area contributed by atoms with Gasteiger partial charge < -0.3 is 18.9 Å². The van der Waals surface area contributed by atoms with Crippen molar-refractivity contribution in [2.45, 2.75) is 66.5 Å². The Morgan fingerprint density at radius 1 is 0.630 bits per heavy atom. The molecule has 0 aromatic heterocycles. The number of carbonyl (C=O) groups is 3. The number of hydrogen-bond donors (Lipinski definition) is 0. The molecular weight excluding hydrogens is 621 g/mol. The van der Waals surface area contributed by atoms with Gasteiger partial charge in [-0.05, 0) is 55.0 Å². The van der Waals surface area contributed by atoms with Gasteiger partial charge in [-0.1, -0.05) is 86.6 Å². The number of thioether (sulfide) groups is 2. The second kappa shape index (κ2) is 16.0. The van der Waals surface area contributed by atoms with Gasteiger partial charge in [-0.15, -0.1) is 23.5 Å². The summed E-state index contributed by atoms with van der Waals surface area (Å²) in [6.07, 6.45) is -4.06. The highest BCUT2D eigenvalue weighted by atomic mass is 32.2. The minimum Gasteiger partial charge on any atom is -0.452 e. The number of rotatable bonds is 11. The lowest BCUT2D eigenvalue weighted by atomic mass is 9.99. The summed E-state index contributed by atoms with van der Waals surface area (Å²) in [7, 11) is 0. The van der Waals surface area contributed by atoms with Crippen LogP contribution < -0.4 is 0 Å². The van der Waals surface area contributed by atoms with Crippen molar-refractivity contribution in [2.75, 3.05) is 0 Å². The Hall–Kier alpha value is -4.05. The van der Waals surface area contributed by atoms with Crippen LogP contribution in [0.25, 0.3) is 0 Å². The first kappa shape index (κ1) is 33.3. The molecule has 4 aromatic carbocycles. The second-order valence-electron chi connectivity index (χ2n) is 11.0. The Labute approximate surface area is 278 Å². The van der Waals surface area contributed by atoms with Crippen LogP contribution in [0.1, 0.15) is 57.4 Å². The van der Waals surface area contributed by atoms with Gasteiger partial charge in [0.15, 0.2) is 18.3 Å². The monoisotopic (exact) mass is 656 g/mol. The maximum atomic E-state index is 13.5. The fraction of sp³-hybridized carbons (Fsp3) is 0.270. The minimum absolute atomic E-state index is 0.312. The summed E-state index contributed by atoms with van der Waals surface area (Å²) >= 11 is 3.21. The predicted molar refractivity (Wildman–Crippen MR) is 180 cm³/mol. The van der Waals surface area contributed by atoms with E-state index in [9.17, 15) is 14.4 Å². The van der Waals surface area contributed by atoms with E-state index in [1.165, 1.54) is 11.8 Å². The van der Waals surface area contributed by atoms with Gasteiger partial charge >= 0.3 is 17.9 Å². The van der Waals surface area contributed by atoms with Crippen LogP contribution in [0.5, 0.6) is 0 Å². The van der Waals surface area contributed by atoms with E-state index in [0.717, 1.165) is 10.5 Å². The number of benzene rings is 4. The molecule has 5 rings (SSSR count). The molecule has 1 saturated heterocycles. The Balaban J connectivity index is 1.49. The van der Waals surface area contributed by atoms with E-state index in [1.807, 2.05) is 12.1 Å². The first-order valence-electron chi connectivity index (χ1n) is 15.1. The average Bonchev–Trinajstić information content (AvgIpc) is 3.08. The van der Waals surface area contributed by atoms with Crippen molar-refractivity contribution in [2.24, 2.45) is 0 Å². The molecule has 0 aliphatic carbocycles. The van der Waals surface area contributed by atoms with Gasteiger partial charge in [0, 0.05) is 15.9 Å². The number of ether oxygens (including phenoxy) is 4. The molecule has 0 bridgehead atoms. The van der Waals surface area contributed by atoms with Crippen molar-refractivity contribution < 1.29 is 33.3 Å². The van der Waals surface area contributed by atoms with Gasteiger partial charge in [-0.25, -0.2) is 14.4 Å². The van der Waals surface area contributed by atoms with E-state index in [0.29, 0.717) is 27.7 Å². The smallest absolute Gasteiger partial charge is 0.338 e. The molecule has 0 N–H and O–H groups in total. The molecule has 0 saturated carbocycles. The van der Waals surface area contributed by atoms with E-state index >= 15 is 0 Å². The van der Waals surface area contributed by atoms with Gasteiger partial charge in [0.05, 0.1) is 22.8 Å². The Bertz CT molecular complexity index is 1600. The maximum absolute atomic E-state index is 13.5. The largest absolute Gasteiger partial charge is 0.452 e. The zero-order valence-electron chi connectivity index (χ0n) is 25.8. The molecule has 1 fully saturated rings. The Morgan fingerprint density at radius 3 is 1.57 bits per heavy atom. The lowest BCUT2D eigenvalue weighted by molar-refractivity contribution is -0.195. The van der Waals surface area contributed by atoms with Crippen LogP contribution in [0, 0.1) is 0 Å². The second-order valence-corrected chi connectivity index (χ2v) is 13.7. The van der Waals surface area contributed by atoms with E-state index in [4.69, 9.17) is 18.9 Å². The van der Waals surface area contributed by atoms with Crippen LogP contribution in [0.3, 0.4) is 0 Å². The highest BCUT2D eigenvalue weighted by Gasteiger charge is 2.51. The van der Waals surface area contributed by atoms with E-state index in [1.54, 1.807) is 110 Å². The highest BCUT2D eigenvalue weighted by molar-refractivity contribution is 8.00. The molecule has 7 nitrogen and oxygen atoms in total. The highest BCUT2D eigenvalue weighted by Crippen LogP contribution is 2.38. The fourth-order valence-electron chi connectivity index (χ4n) is 4.99. The third kappa shape index (κ3) is 8.60. The first-order valence-corrected chi connectivity index (χ1v) is 17.0. The van der Waals surface area contributed by atoms with Gasteiger partial charge in [-0.3, -0.25) is 0 Å². The van der Waals surface area contributed by atoms with Gasteiger partial charge in [0.1, 0.15) is 5.44 Å². The zero-order chi connectivity index (χ0) is 32.5. The quantitative estimate of drug-likeness (QED) is 0.0910. The van der Waals surface area contributed by atoms with E-state index in [-0.39, 0.29) is 0 Å². The van der Waals surface area contributed by atoms with Crippen LogP contribution >= 0.6 is 23.5 Å². The van der Waals surface area contributed by atoms with Crippen LogP contribution in [0.4, 0.5) is 0 Å². The summed E-state index contributed by atoms with van der Waals surface area (Å²) < 4.78 is 24.7. The van der Waals surface area contributed by atoms with Crippen molar-refractivity contribution in [1.82, 2.24) is 0 Å². The molecule has 5 atom stereocenters. The molecule has 238 valence electrons. The third-order valence-corrected chi connectivity index (χ3v) is 9.53. The van der Waals surface area contributed by atoms with Crippen molar-refractivity contribution in [3.63, 3.8) is 0 Å². The topological polar surface area (TPSA) is 88.1 Å². The average molecular weight is 657 g/mol. The summed E-state index contributed by atoms with van der Waals surface area (Å²) in [4.78, 5) is 41.4. The molecule has 0 spiro atoms. The van der Waals surface area contributed by atoms with E-state index < -0.39 is 47.8 Å². The maximum Gasteiger partial charge on any atom is 0.338 e. The summed E-state index contributed by atoms with van der Waals surface area (Å²) in [5.74, 6) is -1.32. The van der Waals surface area contributed by atoms with Gasteiger partial charge in [-0.2, -0.15) is 0 Å². The van der Waals surface area contributed by atoms with Crippen LogP contribution in [0.2, 0.25) is 0 Å². The fourth-order valence-corrected chi connectivity index (χ4v) is 7.29. The number of hydrogen-bond acceptors (Lipinski definition) is 9. The lowest BCUT2D eigenvalue weighted by Gasteiger charge is -2.43. The minimum atomic E-state index is -1.17. The SMILES string of the molecule is CC(C)Sc1ccccc1CS[C@@H]1O[C@@H](C)[C@H](OC(=O)c2ccccc2)[C@@H](OC(=O)c2ccccc2)[C@H]1OC(=O)c1ccccc1. The number of esters is 3. The standard InChI is InChI=1S/C37H36O7S2/c1-24(2)46-30-22-14-13-21-29(30)23-45-37-33(44-36(40)28-19-11-6-12-20-28)32(43-35(39)27-17-9-5-10-18-27)31(25(3)41-37)42-34(38)26-15-7-4-8-16-26/h4-22,24-25,31-33,37H,23H2,1-3H3/t25-,31-,32+,33+,37-/m0/s1. The molecule has 1 aliphatic heterocycles. The van der Waals surface area contributed by atoms with Crippen LogP contribution in [-0.2, 0) is 24.7 Å². The first-order chi connectivity index (χ1) is 22.3. The van der Waals surface area contributed by atoms with Crippen molar-refractivity contribution >= 4 is 41.4 Å². The lowest BCUT2D eigenvalue weighted by Crippen LogP contribution is -2.60. The van der Waals surface area contributed by atoms with E-state index in [2.05, 4.69) is 26.0 Å². The number of carbonyl (C=O) groups excluding carboxylic acids is 3. The van der Waals surface area contributed by atoms with Crippen LogP contribution in [-0.4, -0.2) is 53.0 Å². The predicted octanol–water partition coefficient (Wildman–Crippen LogP) is 7.84. The molecule has 0 amide bonds.